The van der Waals surface area contributed by atoms with Crippen LogP contribution >= 0.6 is 24.8 Å². The Labute approximate surface area is 156 Å². The first-order valence-corrected chi connectivity index (χ1v) is 8.15. The first-order chi connectivity index (χ1) is 10.9. The summed E-state index contributed by atoms with van der Waals surface area (Å²) in [7, 11) is 0. The molecular weight excluding hydrogens is 339 g/mol. The zero-order valence-electron chi connectivity index (χ0n) is 13.7. The fourth-order valence-electron chi connectivity index (χ4n) is 3.81. The lowest BCUT2D eigenvalue weighted by Crippen LogP contribution is -2.44. The highest BCUT2D eigenvalue weighted by atomic mass is 35.5. The minimum atomic E-state index is 0. The summed E-state index contributed by atoms with van der Waals surface area (Å²) >= 11 is 0. The van der Waals surface area contributed by atoms with Crippen molar-refractivity contribution in [1.29, 1.82) is 0 Å². The molecular formula is C20H24Cl2N2. The SMILES string of the molecule is C=C[C@@H](c1ccc2c(c1)Cc1ccccc1-2)N1CCNCC1.Cl.Cl. The number of halogens is 2. The summed E-state index contributed by atoms with van der Waals surface area (Å²) in [6, 6.07) is 16.1. The molecule has 1 heterocycles. The summed E-state index contributed by atoms with van der Waals surface area (Å²) in [6.07, 6.45) is 3.15. The maximum atomic E-state index is 4.08. The molecule has 1 N–H and O–H groups in total. The predicted molar refractivity (Wildman–Crippen MR) is 107 cm³/mol. The van der Waals surface area contributed by atoms with Crippen LogP contribution in [-0.4, -0.2) is 31.1 Å². The third kappa shape index (κ3) is 3.38. The maximum Gasteiger partial charge on any atom is 0.0530 e. The van der Waals surface area contributed by atoms with Crippen molar-refractivity contribution < 1.29 is 0 Å². The highest BCUT2D eigenvalue weighted by Gasteiger charge is 2.23. The minimum Gasteiger partial charge on any atom is -0.314 e. The zero-order valence-corrected chi connectivity index (χ0v) is 15.3. The first-order valence-electron chi connectivity index (χ1n) is 8.15. The molecule has 128 valence electrons. The van der Waals surface area contributed by atoms with Gasteiger partial charge in [-0.3, -0.25) is 4.90 Å². The lowest BCUT2D eigenvalue weighted by Gasteiger charge is -2.33. The molecule has 24 heavy (non-hydrogen) atoms. The van der Waals surface area contributed by atoms with Crippen LogP contribution in [-0.2, 0) is 6.42 Å². The number of benzene rings is 2. The zero-order chi connectivity index (χ0) is 14.9. The monoisotopic (exact) mass is 362 g/mol. The predicted octanol–water partition coefficient (Wildman–Crippen LogP) is 4.23. The van der Waals surface area contributed by atoms with E-state index < -0.39 is 0 Å². The summed E-state index contributed by atoms with van der Waals surface area (Å²) in [4.78, 5) is 2.52. The number of nitrogens with zero attached hydrogens (tertiary/aromatic N) is 1. The van der Waals surface area contributed by atoms with Crippen molar-refractivity contribution in [1.82, 2.24) is 10.2 Å². The second-order valence-electron chi connectivity index (χ2n) is 6.22. The van der Waals surface area contributed by atoms with Crippen LogP contribution in [0.1, 0.15) is 22.7 Å². The van der Waals surface area contributed by atoms with Crippen molar-refractivity contribution in [2.45, 2.75) is 12.5 Å². The number of nitrogens with one attached hydrogen (secondary N) is 1. The Hall–Kier alpha value is -1.32. The Kier molecular flexibility index (Phi) is 6.47. The standard InChI is InChI=1S/C20H22N2.2ClH/c1-2-20(22-11-9-21-10-12-22)16-7-8-19-17(14-16)13-15-5-3-4-6-18(15)19;;/h2-8,14,20-21H,1,9-13H2;2*1H/t20-;;/m0../s1. The van der Waals surface area contributed by atoms with E-state index in [1.807, 2.05) is 0 Å². The minimum absolute atomic E-state index is 0. The van der Waals surface area contributed by atoms with Crippen molar-refractivity contribution in [3.05, 3.63) is 71.8 Å². The molecule has 4 heteroatoms. The third-order valence-electron chi connectivity index (χ3n) is 4.93. The molecule has 2 aromatic carbocycles. The number of fused-ring (bicyclic) bond motifs is 3. The summed E-state index contributed by atoms with van der Waals surface area (Å²) in [6.45, 7) is 8.41. The van der Waals surface area contributed by atoms with Gasteiger partial charge in [-0.1, -0.05) is 48.5 Å². The van der Waals surface area contributed by atoms with E-state index in [1.165, 1.54) is 27.8 Å². The number of hydrogen-bond donors (Lipinski definition) is 1. The van der Waals surface area contributed by atoms with Crippen LogP contribution in [0.4, 0.5) is 0 Å². The van der Waals surface area contributed by atoms with Crippen molar-refractivity contribution in [3.63, 3.8) is 0 Å². The Morgan fingerprint density at radius 1 is 0.958 bits per heavy atom. The van der Waals surface area contributed by atoms with Gasteiger partial charge in [-0.2, -0.15) is 0 Å². The van der Waals surface area contributed by atoms with E-state index in [0.29, 0.717) is 6.04 Å². The highest BCUT2D eigenvalue weighted by Crippen LogP contribution is 2.38. The molecule has 0 unspecified atom stereocenters. The van der Waals surface area contributed by atoms with Crippen LogP contribution in [0.2, 0.25) is 0 Å². The normalized spacial score (nSPS) is 17.0. The van der Waals surface area contributed by atoms with Gasteiger partial charge in [-0.05, 0) is 34.2 Å². The van der Waals surface area contributed by atoms with Gasteiger partial charge >= 0.3 is 0 Å². The van der Waals surface area contributed by atoms with Gasteiger partial charge in [0.25, 0.3) is 0 Å². The van der Waals surface area contributed by atoms with Crippen molar-refractivity contribution in [2.75, 3.05) is 26.2 Å². The van der Waals surface area contributed by atoms with Crippen LogP contribution < -0.4 is 5.32 Å². The van der Waals surface area contributed by atoms with E-state index in [4.69, 9.17) is 0 Å². The average Bonchev–Trinajstić information content (AvgIpc) is 2.94. The smallest absolute Gasteiger partial charge is 0.0530 e. The lowest BCUT2D eigenvalue weighted by molar-refractivity contribution is 0.203. The molecule has 2 aromatic rings. The summed E-state index contributed by atoms with van der Waals surface area (Å²) in [5.41, 5.74) is 7.10. The van der Waals surface area contributed by atoms with Crippen molar-refractivity contribution in [2.24, 2.45) is 0 Å². The summed E-state index contributed by atoms with van der Waals surface area (Å²) in [5, 5.41) is 3.42. The molecule has 0 aromatic heterocycles. The molecule has 1 fully saturated rings. The molecule has 0 spiro atoms. The molecule has 0 bridgehead atoms. The van der Waals surface area contributed by atoms with Gasteiger partial charge in [-0.25, -0.2) is 0 Å². The van der Waals surface area contributed by atoms with E-state index in [-0.39, 0.29) is 24.8 Å². The fourth-order valence-corrected chi connectivity index (χ4v) is 3.81. The van der Waals surface area contributed by atoms with Gasteiger partial charge < -0.3 is 5.32 Å². The van der Waals surface area contributed by atoms with Crippen LogP contribution in [0.5, 0.6) is 0 Å². The maximum absolute atomic E-state index is 4.08. The van der Waals surface area contributed by atoms with Gasteiger partial charge in [0, 0.05) is 26.2 Å². The molecule has 1 saturated heterocycles. The molecule has 0 amide bonds. The van der Waals surface area contributed by atoms with Crippen LogP contribution in [0.25, 0.3) is 11.1 Å². The third-order valence-corrected chi connectivity index (χ3v) is 4.93. The average molecular weight is 363 g/mol. The molecule has 0 radical (unpaired) electrons. The van der Waals surface area contributed by atoms with Gasteiger partial charge in [0.15, 0.2) is 0 Å². The second kappa shape index (κ2) is 8.17. The Morgan fingerprint density at radius 2 is 1.67 bits per heavy atom. The molecule has 1 aliphatic carbocycles. The van der Waals surface area contributed by atoms with Gasteiger partial charge in [0.05, 0.1) is 6.04 Å². The Morgan fingerprint density at radius 3 is 2.42 bits per heavy atom. The van der Waals surface area contributed by atoms with Crippen molar-refractivity contribution in [3.8, 4) is 11.1 Å². The number of rotatable bonds is 3. The molecule has 2 nitrogen and oxygen atoms in total. The Bertz CT molecular complexity index is 709. The van der Waals surface area contributed by atoms with E-state index in [9.17, 15) is 0 Å². The topological polar surface area (TPSA) is 15.3 Å². The molecule has 1 aliphatic heterocycles. The first kappa shape index (κ1) is 19.0. The summed E-state index contributed by atoms with van der Waals surface area (Å²) < 4.78 is 0. The van der Waals surface area contributed by atoms with E-state index in [1.54, 1.807) is 0 Å². The summed E-state index contributed by atoms with van der Waals surface area (Å²) in [5.74, 6) is 0. The Balaban J connectivity index is 0.00000104. The number of piperazine rings is 1. The van der Waals surface area contributed by atoms with Crippen LogP contribution in [0, 0.1) is 0 Å². The van der Waals surface area contributed by atoms with Gasteiger partial charge in [0.1, 0.15) is 0 Å². The molecule has 4 rings (SSSR count). The van der Waals surface area contributed by atoms with Crippen LogP contribution in [0.3, 0.4) is 0 Å². The van der Waals surface area contributed by atoms with E-state index in [2.05, 4.69) is 65.3 Å². The lowest BCUT2D eigenvalue weighted by atomic mass is 9.98. The molecule has 1 atom stereocenters. The fraction of sp³-hybridized carbons (Fsp3) is 0.300. The van der Waals surface area contributed by atoms with Crippen molar-refractivity contribution >= 4 is 24.8 Å². The molecule has 2 aliphatic rings. The number of hydrogen-bond acceptors (Lipinski definition) is 2. The second-order valence-corrected chi connectivity index (χ2v) is 6.22. The van der Waals surface area contributed by atoms with Gasteiger partial charge in [0.2, 0.25) is 0 Å². The van der Waals surface area contributed by atoms with E-state index >= 15 is 0 Å². The largest absolute Gasteiger partial charge is 0.314 e. The quantitative estimate of drug-likeness (QED) is 0.701. The molecule has 0 saturated carbocycles. The van der Waals surface area contributed by atoms with Crippen LogP contribution in [0.15, 0.2) is 55.1 Å². The van der Waals surface area contributed by atoms with Gasteiger partial charge in [-0.15, -0.1) is 31.4 Å². The van der Waals surface area contributed by atoms with E-state index in [0.717, 1.165) is 32.6 Å². The highest BCUT2D eigenvalue weighted by molar-refractivity contribution is 5.85.